The van der Waals surface area contributed by atoms with Crippen LogP contribution in [0.2, 0.25) is 0 Å². The lowest BCUT2D eigenvalue weighted by atomic mass is 10.2. The zero-order valence-electron chi connectivity index (χ0n) is 17.5. The van der Waals surface area contributed by atoms with Crippen LogP contribution in [0.3, 0.4) is 0 Å². The lowest BCUT2D eigenvalue weighted by Crippen LogP contribution is -2.28. The minimum Gasteiger partial charge on any atom is -0.497 e. The molecule has 166 valence electrons. The van der Waals surface area contributed by atoms with Crippen molar-refractivity contribution in [3.05, 3.63) is 52.0 Å². The lowest BCUT2D eigenvalue weighted by Gasteiger charge is -2.18. The largest absolute Gasteiger partial charge is 0.497 e. The summed E-state index contributed by atoms with van der Waals surface area (Å²) in [4.78, 5) is 26.1. The van der Waals surface area contributed by atoms with E-state index < -0.39 is 9.84 Å². The van der Waals surface area contributed by atoms with Crippen LogP contribution in [0.1, 0.15) is 30.9 Å². The summed E-state index contributed by atoms with van der Waals surface area (Å²) in [6, 6.07) is 10.6. The number of carbonyl (C=O) groups excluding carboxylic acids is 2. The molecule has 0 saturated heterocycles. The van der Waals surface area contributed by atoms with E-state index >= 15 is 0 Å². The number of nitrogens with zero attached hydrogens (tertiary/aromatic N) is 1. The van der Waals surface area contributed by atoms with Crippen LogP contribution in [0.25, 0.3) is 0 Å². The lowest BCUT2D eigenvalue weighted by molar-refractivity contribution is -0.121. The predicted octanol–water partition coefficient (Wildman–Crippen LogP) is 3.24. The van der Waals surface area contributed by atoms with Crippen LogP contribution < -0.4 is 15.0 Å². The van der Waals surface area contributed by atoms with Gasteiger partial charge in [-0.1, -0.05) is 19.1 Å². The SMILES string of the molecule is CCC(=O)N1CCc2cc(Br)c(S(=O)(=O)CCC(=O)NCc3cccc(OC)c3)cc21. The van der Waals surface area contributed by atoms with Crippen molar-refractivity contribution in [1.29, 1.82) is 0 Å². The van der Waals surface area contributed by atoms with Gasteiger partial charge in [0, 0.05) is 36.1 Å². The van der Waals surface area contributed by atoms with Crippen LogP contribution in [0.15, 0.2) is 45.8 Å². The topological polar surface area (TPSA) is 92.8 Å². The van der Waals surface area contributed by atoms with Gasteiger partial charge in [0.05, 0.1) is 17.8 Å². The standard InChI is InChI=1S/C22H25BrN2O5S/c1-3-22(27)25-9-7-16-12-18(23)20(13-19(16)25)31(28,29)10-8-21(26)24-14-15-5-4-6-17(11-15)30-2/h4-6,11-13H,3,7-10,14H2,1-2H3,(H,24,26). The Labute approximate surface area is 190 Å². The highest BCUT2D eigenvalue weighted by molar-refractivity contribution is 9.10. The Morgan fingerprint density at radius 1 is 1.23 bits per heavy atom. The van der Waals surface area contributed by atoms with Gasteiger partial charge in [-0.05, 0) is 57.7 Å². The summed E-state index contributed by atoms with van der Waals surface area (Å²) < 4.78 is 31.5. The van der Waals surface area contributed by atoms with Crippen LogP contribution in [0.4, 0.5) is 5.69 Å². The number of fused-ring (bicyclic) bond motifs is 1. The van der Waals surface area contributed by atoms with Crippen molar-refractivity contribution < 1.29 is 22.7 Å². The molecule has 0 fully saturated rings. The minimum absolute atomic E-state index is 0.0404. The van der Waals surface area contributed by atoms with E-state index in [1.165, 1.54) is 0 Å². The van der Waals surface area contributed by atoms with E-state index in [-0.39, 0.29) is 35.4 Å². The van der Waals surface area contributed by atoms with Gasteiger partial charge in [-0.15, -0.1) is 0 Å². The van der Waals surface area contributed by atoms with Crippen molar-refractivity contribution in [2.45, 2.75) is 37.6 Å². The van der Waals surface area contributed by atoms with Gasteiger partial charge in [0.25, 0.3) is 0 Å². The molecule has 1 heterocycles. The smallest absolute Gasteiger partial charge is 0.226 e. The number of methoxy groups -OCH3 is 1. The molecule has 1 aliphatic heterocycles. The third-order valence-corrected chi connectivity index (χ3v) is 7.86. The molecular weight excluding hydrogens is 484 g/mol. The Kier molecular flexibility index (Phi) is 7.38. The molecule has 3 rings (SSSR count). The van der Waals surface area contributed by atoms with E-state index in [0.29, 0.717) is 35.3 Å². The molecule has 0 spiro atoms. The molecule has 0 saturated carbocycles. The Bertz CT molecular complexity index is 1100. The molecule has 0 aliphatic carbocycles. The molecule has 7 nitrogen and oxygen atoms in total. The number of rotatable bonds is 8. The molecular formula is C22H25BrN2O5S. The zero-order valence-corrected chi connectivity index (χ0v) is 19.9. The third kappa shape index (κ3) is 5.46. The number of hydrogen-bond acceptors (Lipinski definition) is 5. The number of sulfone groups is 1. The first-order valence-corrected chi connectivity index (χ1v) is 12.4. The summed E-state index contributed by atoms with van der Waals surface area (Å²) in [7, 11) is -2.16. The van der Waals surface area contributed by atoms with E-state index in [1.54, 1.807) is 31.1 Å². The third-order valence-electron chi connectivity index (χ3n) is 5.19. The maximum absolute atomic E-state index is 12.9. The van der Waals surface area contributed by atoms with Crippen molar-refractivity contribution in [2.75, 3.05) is 24.3 Å². The van der Waals surface area contributed by atoms with E-state index in [4.69, 9.17) is 4.74 Å². The number of hydrogen-bond donors (Lipinski definition) is 1. The fraction of sp³-hybridized carbons (Fsp3) is 0.364. The average molecular weight is 509 g/mol. The van der Waals surface area contributed by atoms with Crippen molar-refractivity contribution in [3.63, 3.8) is 0 Å². The van der Waals surface area contributed by atoms with E-state index in [1.807, 2.05) is 24.3 Å². The summed E-state index contributed by atoms with van der Waals surface area (Å²) >= 11 is 3.35. The van der Waals surface area contributed by atoms with Gasteiger partial charge in [-0.2, -0.15) is 0 Å². The molecule has 31 heavy (non-hydrogen) atoms. The number of amides is 2. The van der Waals surface area contributed by atoms with Crippen LogP contribution in [-0.4, -0.2) is 39.6 Å². The maximum atomic E-state index is 12.9. The molecule has 0 aromatic heterocycles. The number of carbonyl (C=O) groups is 2. The molecule has 2 amide bonds. The van der Waals surface area contributed by atoms with Gasteiger partial charge in [0.2, 0.25) is 11.8 Å². The van der Waals surface area contributed by atoms with Crippen LogP contribution in [0, 0.1) is 0 Å². The Balaban J connectivity index is 1.67. The van der Waals surface area contributed by atoms with Gasteiger partial charge in [-0.25, -0.2) is 8.42 Å². The summed E-state index contributed by atoms with van der Waals surface area (Å²) in [6.07, 6.45) is 0.880. The molecule has 0 unspecified atom stereocenters. The Hall–Kier alpha value is -2.39. The van der Waals surface area contributed by atoms with E-state index in [0.717, 1.165) is 11.1 Å². The summed E-state index contributed by atoms with van der Waals surface area (Å²) in [5.41, 5.74) is 2.43. The molecule has 2 aromatic rings. The first kappa shape index (κ1) is 23.3. The van der Waals surface area contributed by atoms with Crippen molar-refractivity contribution in [2.24, 2.45) is 0 Å². The normalized spacial score (nSPS) is 13.1. The number of benzene rings is 2. The van der Waals surface area contributed by atoms with Gasteiger partial charge >= 0.3 is 0 Å². The fourth-order valence-electron chi connectivity index (χ4n) is 3.48. The maximum Gasteiger partial charge on any atom is 0.226 e. The van der Waals surface area contributed by atoms with Gasteiger partial charge in [-0.3, -0.25) is 9.59 Å². The molecule has 1 N–H and O–H groups in total. The minimum atomic E-state index is -3.72. The second-order valence-corrected chi connectivity index (χ2v) is 10.2. The van der Waals surface area contributed by atoms with Crippen molar-refractivity contribution in [3.8, 4) is 5.75 Å². The first-order valence-electron chi connectivity index (χ1n) is 10.0. The van der Waals surface area contributed by atoms with Crippen LogP contribution >= 0.6 is 15.9 Å². The summed E-state index contributed by atoms with van der Waals surface area (Å²) in [5, 5.41) is 2.74. The highest BCUT2D eigenvalue weighted by Gasteiger charge is 2.28. The average Bonchev–Trinajstić information content (AvgIpc) is 3.18. The predicted molar refractivity (Wildman–Crippen MR) is 122 cm³/mol. The van der Waals surface area contributed by atoms with E-state index in [2.05, 4.69) is 21.2 Å². The molecule has 0 bridgehead atoms. The van der Waals surface area contributed by atoms with E-state index in [9.17, 15) is 18.0 Å². The van der Waals surface area contributed by atoms with Crippen LogP contribution in [0.5, 0.6) is 5.75 Å². The highest BCUT2D eigenvalue weighted by atomic mass is 79.9. The second-order valence-electron chi connectivity index (χ2n) is 7.26. The van der Waals surface area contributed by atoms with Crippen molar-refractivity contribution in [1.82, 2.24) is 5.32 Å². The second kappa shape index (κ2) is 9.82. The van der Waals surface area contributed by atoms with Gasteiger partial charge in [0.15, 0.2) is 9.84 Å². The Morgan fingerprint density at radius 2 is 2.00 bits per heavy atom. The first-order chi connectivity index (χ1) is 14.7. The molecule has 0 atom stereocenters. The monoisotopic (exact) mass is 508 g/mol. The number of anilines is 1. The Morgan fingerprint density at radius 3 is 2.71 bits per heavy atom. The molecule has 9 heteroatoms. The van der Waals surface area contributed by atoms with Crippen LogP contribution in [-0.2, 0) is 32.4 Å². The van der Waals surface area contributed by atoms with Gasteiger partial charge < -0.3 is 15.0 Å². The molecule has 0 radical (unpaired) electrons. The number of ether oxygens (including phenoxy) is 1. The number of halogens is 1. The highest BCUT2D eigenvalue weighted by Crippen LogP contribution is 2.36. The number of nitrogens with one attached hydrogen (secondary N) is 1. The zero-order chi connectivity index (χ0) is 22.6. The quantitative estimate of drug-likeness (QED) is 0.590. The summed E-state index contributed by atoms with van der Waals surface area (Å²) in [6.45, 7) is 2.61. The molecule has 1 aliphatic rings. The fourth-order valence-corrected chi connectivity index (χ4v) is 5.94. The van der Waals surface area contributed by atoms with Gasteiger partial charge in [0.1, 0.15) is 5.75 Å². The molecule has 2 aromatic carbocycles. The summed E-state index contributed by atoms with van der Waals surface area (Å²) in [5.74, 6) is -0.0324. The van der Waals surface area contributed by atoms with Crippen molar-refractivity contribution >= 4 is 43.3 Å².